The topological polar surface area (TPSA) is 72.5 Å². The number of benzene rings is 3. The van der Waals surface area contributed by atoms with Gasteiger partial charge in [0, 0.05) is 11.9 Å². The van der Waals surface area contributed by atoms with Crippen molar-refractivity contribution < 1.29 is 17.9 Å². The Hall–Kier alpha value is -3.12. The quantitative estimate of drug-likeness (QED) is 0.662. The molecule has 0 atom stereocenters. The van der Waals surface area contributed by atoms with Crippen LogP contribution in [0.25, 0.3) is 0 Å². The summed E-state index contributed by atoms with van der Waals surface area (Å²) in [6.07, 6.45) is 1.86. The van der Waals surface area contributed by atoms with E-state index in [0.717, 1.165) is 23.1 Å². The van der Waals surface area contributed by atoms with E-state index in [2.05, 4.69) is 5.32 Å². The summed E-state index contributed by atoms with van der Waals surface area (Å²) in [6.45, 7) is -0.169. The number of anilines is 1. The Bertz CT molecular complexity index is 1050. The van der Waals surface area contributed by atoms with E-state index in [-0.39, 0.29) is 17.4 Å². The number of ether oxygens (including phenoxy) is 1. The number of rotatable bonds is 7. The summed E-state index contributed by atoms with van der Waals surface area (Å²) in [5.74, 6) is 0.146. The number of para-hydroxylation sites is 1. The molecule has 28 heavy (non-hydrogen) atoms. The van der Waals surface area contributed by atoms with Crippen LogP contribution < -0.4 is 10.1 Å². The molecule has 0 saturated heterocycles. The molecule has 0 unspecified atom stereocenters. The molecular formula is C22H21NO4S. The average Bonchev–Trinajstić information content (AvgIpc) is 2.68. The van der Waals surface area contributed by atoms with Crippen molar-refractivity contribution in [1.82, 2.24) is 0 Å². The summed E-state index contributed by atoms with van der Waals surface area (Å²) in [6, 6.07) is 23.7. The molecule has 3 rings (SSSR count). The summed E-state index contributed by atoms with van der Waals surface area (Å²) in [5.41, 5.74) is 2.92. The molecule has 0 aromatic heterocycles. The van der Waals surface area contributed by atoms with Crippen LogP contribution in [-0.2, 0) is 21.1 Å². The third-order valence-corrected chi connectivity index (χ3v) is 5.28. The fraction of sp³-hybridized carbons (Fsp3) is 0.136. The van der Waals surface area contributed by atoms with Gasteiger partial charge in [0.25, 0.3) is 5.91 Å². The van der Waals surface area contributed by atoms with Crippen molar-refractivity contribution in [3.8, 4) is 5.75 Å². The Kier molecular flexibility index (Phi) is 6.11. The van der Waals surface area contributed by atoms with Crippen LogP contribution in [-0.4, -0.2) is 27.2 Å². The zero-order valence-corrected chi connectivity index (χ0v) is 16.3. The first kappa shape index (κ1) is 19.6. The zero-order valence-electron chi connectivity index (χ0n) is 15.5. The second-order valence-electron chi connectivity index (χ2n) is 6.40. The lowest BCUT2D eigenvalue weighted by atomic mass is 10.0. The monoisotopic (exact) mass is 395 g/mol. The number of amides is 1. The number of hydrogen-bond donors (Lipinski definition) is 1. The molecule has 1 N–H and O–H groups in total. The zero-order chi connectivity index (χ0) is 20.0. The first-order valence-corrected chi connectivity index (χ1v) is 10.7. The van der Waals surface area contributed by atoms with Crippen molar-refractivity contribution in [3.63, 3.8) is 0 Å². The molecule has 3 aromatic carbocycles. The molecule has 0 radical (unpaired) electrons. The predicted octanol–water partition coefficient (Wildman–Crippen LogP) is 3.70. The molecule has 5 nitrogen and oxygen atoms in total. The standard InChI is InChI=1S/C22H21NO4S/c1-28(25,26)20-13-11-19(12-14-20)27-16-22(24)23-21-10-6-5-9-18(21)15-17-7-3-2-4-8-17/h2-14H,15-16H2,1H3,(H,23,24). The Morgan fingerprint density at radius 1 is 0.893 bits per heavy atom. The van der Waals surface area contributed by atoms with E-state index in [0.29, 0.717) is 12.2 Å². The van der Waals surface area contributed by atoms with Gasteiger partial charge in [-0.25, -0.2) is 8.42 Å². The van der Waals surface area contributed by atoms with Gasteiger partial charge in [-0.2, -0.15) is 0 Å². The number of carbonyl (C=O) groups is 1. The third-order valence-electron chi connectivity index (χ3n) is 4.15. The van der Waals surface area contributed by atoms with Crippen LogP contribution in [0.3, 0.4) is 0 Å². The normalized spacial score (nSPS) is 11.0. The first-order chi connectivity index (χ1) is 13.4. The van der Waals surface area contributed by atoms with E-state index in [1.54, 1.807) is 0 Å². The molecule has 0 saturated carbocycles. The molecule has 6 heteroatoms. The van der Waals surface area contributed by atoms with Crippen molar-refractivity contribution >= 4 is 21.4 Å². The molecule has 0 aliphatic heterocycles. The molecule has 0 aliphatic rings. The van der Waals surface area contributed by atoms with E-state index < -0.39 is 9.84 Å². The average molecular weight is 395 g/mol. The smallest absolute Gasteiger partial charge is 0.262 e. The van der Waals surface area contributed by atoms with Gasteiger partial charge in [-0.1, -0.05) is 48.5 Å². The van der Waals surface area contributed by atoms with Crippen LogP contribution in [0.4, 0.5) is 5.69 Å². The summed E-state index contributed by atoms with van der Waals surface area (Å²) in [7, 11) is -3.26. The van der Waals surface area contributed by atoms with Gasteiger partial charge >= 0.3 is 0 Å². The van der Waals surface area contributed by atoms with Gasteiger partial charge < -0.3 is 10.1 Å². The maximum Gasteiger partial charge on any atom is 0.262 e. The van der Waals surface area contributed by atoms with Gasteiger partial charge in [-0.15, -0.1) is 0 Å². The summed E-state index contributed by atoms with van der Waals surface area (Å²) in [4.78, 5) is 12.5. The maximum atomic E-state index is 12.3. The van der Waals surface area contributed by atoms with Crippen LogP contribution in [0, 0.1) is 0 Å². The fourth-order valence-corrected chi connectivity index (χ4v) is 3.36. The molecule has 1 amide bonds. The lowest BCUT2D eigenvalue weighted by Crippen LogP contribution is -2.21. The molecule has 0 fully saturated rings. The minimum absolute atomic E-state index is 0.169. The number of carbonyl (C=O) groups excluding carboxylic acids is 1. The van der Waals surface area contributed by atoms with Gasteiger partial charge in [-0.3, -0.25) is 4.79 Å². The molecule has 0 aliphatic carbocycles. The van der Waals surface area contributed by atoms with Crippen molar-refractivity contribution in [2.45, 2.75) is 11.3 Å². The van der Waals surface area contributed by atoms with Crippen molar-refractivity contribution in [2.24, 2.45) is 0 Å². The second kappa shape index (κ2) is 8.71. The highest BCUT2D eigenvalue weighted by Gasteiger charge is 2.10. The van der Waals surface area contributed by atoms with Crippen LogP contribution in [0.2, 0.25) is 0 Å². The van der Waals surface area contributed by atoms with Crippen molar-refractivity contribution in [2.75, 3.05) is 18.2 Å². The number of hydrogen-bond acceptors (Lipinski definition) is 4. The highest BCUT2D eigenvalue weighted by Crippen LogP contribution is 2.20. The molecule has 0 heterocycles. The molecule has 144 valence electrons. The largest absolute Gasteiger partial charge is 0.484 e. The third kappa shape index (κ3) is 5.44. The van der Waals surface area contributed by atoms with Gasteiger partial charge in [0.15, 0.2) is 16.4 Å². The highest BCUT2D eigenvalue weighted by atomic mass is 32.2. The summed E-state index contributed by atoms with van der Waals surface area (Å²) < 4.78 is 28.4. The van der Waals surface area contributed by atoms with Gasteiger partial charge in [0.1, 0.15) is 5.75 Å². The maximum absolute atomic E-state index is 12.3. The minimum atomic E-state index is -3.26. The van der Waals surface area contributed by atoms with Crippen LogP contribution in [0.1, 0.15) is 11.1 Å². The summed E-state index contributed by atoms with van der Waals surface area (Å²) in [5, 5.41) is 2.88. The molecule has 3 aromatic rings. The van der Waals surface area contributed by atoms with Crippen LogP contribution in [0.15, 0.2) is 83.8 Å². The van der Waals surface area contributed by atoms with E-state index in [4.69, 9.17) is 4.74 Å². The summed E-state index contributed by atoms with van der Waals surface area (Å²) >= 11 is 0. The highest BCUT2D eigenvalue weighted by molar-refractivity contribution is 7.90. The lowest BCUT2D eigenvalue weighted by Gasteiger charge is -2.12. The Balaban J connectivity index is 1.61. The Morgan fingerprint density at radius 2 is 1.54 bits per heavy atom. The van der Waals surface area contributed by atoms with Crippen molar-refractivity contribution in [3.05, 3.63) is 90.0 Å². The Morgan fingerprint density at radius 3 is 2.21 bits per heavy atom. The first-order valence-electron chi connectivity index (χ1n) is 8.76. The lowest BCUT2D eigenvalue weighted by molar-refractivity contribution is -0.118. The van der Waals surface area contributed by atoms with E-state index in [1.165, 1.54) is 24.3 Å². The molecule has 0 spiro atoms. The Labute approximate surface area is 164 Å². The van der Waals surface area contributed by atoms with Crippen LogP contribution in [0.5, 0.6) is 5.75 Å². The van der Waals surface area contributed by atoms with Crippen LogP contribution >= 0.6 is 0 Å². The minimum Gasteiger partial charge on any atom is -0.484 e. The van der Waals surface area contributed by atoms with Gasteiger partial charge in [0.05, 0.1) is 4.90 Å². The van der Waals surface area contributed by atoms with E-state index >= 15 is 0 Å². The second-order valence-corrected chi connectivity index (χ2v) is 8.42. The molecule has 0 bridgehead atoms. The van der Waals surface area contributed by atoms with Gasteiger partial charge in [0.2, 0.25) is 0 Å². The predicted molar refractivity (Wildman–Crippen MR) is 109 cm³/mol. The van der Waals surface area contributed by atoms with E-state index in [1.807, 2.05) is 54.6 Å². The SMILES string of the molecule is CS(=O)(=O)c1ccc(OCC(=O)Nc2ccccc2Cc2ccccc2)cc1. The number of nitrogens with one attached hydrogen (secondary N) is 1. The van der Waals surface area contributed by atoms with Gasteiger partial charge in [-0.05, 0) is 47.9 Å². The van der Waals surface area contributed by atoms with E-state index in [9.17, 15) is 13.2 Å². The fourth-order valence-electron chi connectivity index (χ4n) is 2.73. The molecular weight excluding hydrogens is 374 g/mol. The van der Waals surface area contributed by atoms with Crippen molar-refractivity contribution in [1.29, 1.82) is 0 Å². The number of sulfone groups is 1.